The topological polar surface area (TPSA) is 24.9 Å². The van der Waals surface area contributed by atoms with Crippen LogP contribution in [0.3, 0.4) is 0 Å². The van der Waals surface area contributed by atoms with E-state index in [0.29, 0.717) is 6.07 Å². The number of pyridine rings is 1. The van der Waals surface area contributed by atoms with Crippen molar-refractivity contribution < 1.29 is 17.6 Å². The van der Waals surface area contributed by atoms with Gasteiger partial charge in [-0.1, -0.05) is 6.07 Å². The summed E-state index contributed by atoms with van der Waals surface area (Å²) in [6, 6.07) is 5.22. The van der Waals surface area contributed by atoms with Gasteiger partial charge in [0, 0.05) is 12.3 Å². The first-order chi connectivity index (χ1) is 8.09. The molecule has 0 radical (unpaired) electrons. The maximum Gasteiger partial charge on any atom is 0.199 e. The van der Waals surface area contributed by atoms with Gasteiger partial charge in [-0.15, -0.1) is 0 Å². The molecule has 1 aromatic carbocycles. The monoisotopic (exact) mass is 242 g/mol. The summed E-state index contributed by atoms with van der Waals surface area (Å²) in [5.41, 5.74) is -0.514. The maximum absolute atomic E-state index is 13.3. The number of nitrogens with one attached hydrogen (secondary N) is 1. The van der Waals surface area contributed by atoms with Crippen LogP contribution in [0.4, 0.5) is 29.1 Å². The first-order valence-electron chi connectivity index (χ1n) is 4.60. The number of hydrogen-bond acceptors (Lipinski definition) is 2. The average molecular weight is 242 g/mol. The molecule has 88 valence electrons. The number of rotatable bonds is 2. The lowest BCUT2D eigenvalue weighted by Crippen LogP contribution is -2.02. The molecule has 2 aromatic rings. The van der Waals surface area contributed by atoms with Gasteiger partial charge in [-0.2, -0.15) is 0 Å². The van der Waals surface area contributed by atoms with E-state index in [1.165, 1.54) is 12.3 Å². The Labute approximate surface area is 93.9 Å². The fraction of sp³-hybridized carbons (Fsp3) is 0. The zero-order valence-corrected chi connectivity index (χ0v) is 8.35. The van der Waals surface area contributed by atoms with Gasteiger partial charge < -0.3 is 5.32 Å². The lowest BCUT2D eigenvalue weighted by Gasteiger charge is -2.07. The molecule has 2 nitrogen and oxygen atoms in total. The highest BCUT2D eigenvalue weighted by atomic mass is 19.2. The predicted molar refractivity (Wildman–Crippen MR) is 53.8 cm³/mol. The summed E-state index contributed by atoms with van der Waals surface area (Å²) >= 11 is 0. The SMILES string of the molecule is Fc1cc(Nc2ccccn2)c(F)c(F)c1F. The van der Waals surface area contributed by atoms with Crippen LogP contribution in [0.5, 0.6) is 0 Å². The normalized spacial score (nSPS) is 10.4. The highest BCUT2D eigenvalue weighted by Gasteiger charge is 2.18. The van der Waals surface area contributed by atoms with Gasteiger partial charge in [-0.05, 0) is 12.1 Å². The minimum Gasteiger partial charge on any atom is -0.338 e. The van der Waals surface area contributed by atoms with Gasteiger partial charge in [0.15, 0.2) is 23.3 Å². The molecule has 0 unspecified atom stereocenters. The Kier molecular flexibility index (Phi) is 2.95. The van der Waals surface area contributed by atoms with Gasteiger partial charge in [-0.3, -0.25) is 0 Å². The second-order valence-corrected chi connectivity index (χ2v) is 3.19. The third-order valence-electron chi connectivity index (χ3n) is 2.03. The number of halogens is 4. The van der Waals surface area contributed by atoms with Crippen LogP contribution in [0.25, 0.3) is 0 Å². The van der Waals surface area contributed by atoms with Crippen LogP contribution >= 0.6 is 0 Å². The Balaban J connectivity index is 2.41. The first kappa shape index (κ1) is 11.4. The largest absolute Gasteiger partial charge is 0.338 e. The molecule has 0 saturated carbocycles. The summed E-state index contributed by atoms with van der Waals surface area (Å²) in [6.07, 6.45) is 1.41. The standard InChI is InChI=1S/C11H6F4N2/c12-6-5-7(10(14)11(15)9(6)13)17-8-3-1-2-4-16-8/h1-5H,(H,16,17). The molecule has 0 amide bonds. The molecule has 17 heavy (non-hydrogen) atoms. The molecule has 1 N–H and O–H groups in total. The third kappa shape index (κ3) is 2.20. The molecule has 6 heteroatoms. The Morgan fingerprint density at radius 3 is 2.35 bits per heavy atom. The molecular weight excluding hydrogens is 236 g/mol. The zero-order valence-electron chi connectivity index (χ0n) is 8.35. The third-order valence-corrected chi connectivity index (χ3v) is 2.03. The van der Waals surface area contributed by atoms with Crippen molar-refractivity contribution in [3.8, 4) is 0 Å². The average Bonchev–Trinajstić information content (AvgIpc) is 2.35. The van der Waals surface area contributed by atoms with Crippen LogP contribution in [-0.2, 0) is 0 Å². The molecule has 1 heterocycles. The first-order valence-corrected chi connectivity index (χ1v) is 4.60. The molecule has 0 saturated heterocycles. The van der Waals surface area contributed by atoms with Gasteiger partial charge in [-0.25, -0.2) is 22.5 Å². The van der Waals surface area contributed by atoms with Crippen molar-refractivity contribution in [3.63, 3.8) is 0 Å². The number of nitrogens with zero attached hydrogens (tertiary/aromatic N) is 1. The Morgan fingerprint density at radius 1 is 0.941 bits per heavy atom. The van der Waals surface area contributed by atoms with Gasteiger partial charge in [0.2, 0.25) is 0 Å². The summed E-state index contributed by atoms with van der Waals surface area (Å²) in [5.74, 6) is -6.47. The Morgan fingerprint density at radius 2 is 1.71 bits per heavy atom. The van der Waals surface area contributed by atoms with Crippen molar-refractivity contribution in [2.24, 2.45) is 0 Å². The predicted octanol–water partition coefficient (Wildman–Crippen LogP) is 3.38. The lowest BCUT2D eigenvalue weighted by molar-refractivity contribution is 0.411. The van der Waals surface area contributed by atoms with E-state index in [1.54, 1.807) is 12.1 Å². The molecule has 0 spiro atoms. The fourth-order valence-electron chi connectivity index (χ4n) is 1.24. The van der Waals surface area contributed by atoms with Crippen LogP contribution < -0.4 is 5.32 Å². The zero-order chi connectivity index (χ0) is 12.4. The van der Waals surface area contributed by atoms with Crippen molar-refractivity contribution in [3.05, 3.63) is 53.7 Å². The molecule has 1 aromatic heterocycles. The maximum atomic E-state index is 13.3. The number of aromatic nitrogens is 1. The molecule has 0 atom stereocenters. The van der Waals surface area contributed by atoms with Gasteiger partial charge in [0.25, 0.3) is 0 Å². The second kappa shape index (κ2) is 4.40. The Hall–Kier alpha value is -2.11. The van der Waals surface area contributed by atoms with E-state index in [4.69, 9.17) is 0 Å². The molecule has 0 bridgehead atoms. The molecule has 0 fully saturated rings. The summed E-state index contributed by atoms with van der Waals surface area (Å²) in [6.45, 7) is 0. The summed E-state index contributed by atoms with van der Waals surface area (Å²) in [7, 11) is 0. The number of hydrogen-bond donors (Lipinski definition) is 1. The smallest absolute Gasteiger partial charge is 0.199 e. The van der Waals surface area contributed by atoms with Crippen molar-refractivity contribution in [2.75, 3.05) is 5.32 Å². The van der Waals surface area contributed by atoms with Crippen molar-refractivity contribution in [2.45, 2.75) is 0 Å². The van der Waals surface area contributed by atoms with Gasteiger partial charge >= 0.3 is 0 Å². The van der Waals surface area contributed by atoms with Crippen molar-refractivity contribution in [1.29, 1.82) is 0 Å². The summed E-state index contributed by atoms with van der Waals surface area (Å²) in [5, 5.41) is 2.35. The van der Waals surface area contributed by atoms with E-state index in [1.807, 2.05) is 0 Å². The summed E-state index contributed by atoms with van der Waals surface area (Å²) in [4.78, 5) is 3.78. The lowest BCUT2D eigenvalue weighted by atomic mass is 10.2. The van der Waals surface area contributed by atoms with E-state index in [9.17, 15) is 17.6 Å². The Bertz CT molecular complexity index is 543. The minimum absolute atomic E-state index is 0.191. The van der Waals surface area contributed by atoms with Crippen LogP contribution in [0.15, 0.2) is 30.5 Å². The molecule has 2 rings (SSSR count). The van der Waals surface area contributed by atoms with E-state index in [0.717, 1.165) is 0 Å². The van der Waals surface area contributed by atoms with E-state index in [-0.39, 0.29) is 5.82 Å². The number of anilines is 2. The minimum atomic E-state index is -1.86. The van der Waals surface area contributed by atoms with Gasteiger partial charge in [0.05, 0.1) is 5.69 Å². The number of benzene rings is 1. The van der Waals surface area contributed by atoms with E-state index in [2.05, 4.69) is 10.3 Å². The van der Waals surface area contributed by atoms with Crippen LogP contribution in [-0.4, -0.2) is 4.98 Å². The molecule has 0 aliphatic rings. The van der Waals surface area contributed by atoms with E-state index >= 15 is 0 Å². The van der Waals surface area contributed by atoms with Crippen LogP contribution in [0.1, 0.15) is 0 Å². The molecule has 0 aliphatic heterocycles. The van der Waals surface area contributed by atoms with E-state index < -0.39 is 29.0 Å². The quantitative estimate of drug-likeness (QED) is 0.496. The fourth-order valence-corrected chi connectivity index (χ4v) is 1.24. The molecule has 0 aliphatic carbocycles. The van der Waals surface area contributed by atoms with Crippen LogP contribution in [0.2, 0.25) is 0 Å². The highest BCUT2D eigenvalue weighted by molar-refractivity contribution is 5.56. The van der Waals surface area contributed by atoms with Gasteiger partial charge in [0.1, 0.15) is 5.82 Å². The van der Waals surface area contributed by atoms with Crippen LogP contribution in [0, 0.1) is 23.3 Å². The van der Waals surface area contributed by atoms with Crippen molar-refractivity contribution >= 4 is 11.5 Å². The highest BCUT2D eigenvalue weighted by Crippen LogP contribution is 2.24. The van der Waals surface area contributed by atoms with Crippen molar-refractivity contribution in [1.82, 2.24) is 4.98 Å². The second-order valence-electron chi connectivity index (χ2n) is 3.19. The summed E-state index contributed by atoms with van der Waals surface area (Å²) < 4.78 is 51.7. The molecular formula is C11H6F4N2.